The number of amides is 2. The summed E-state index contributed by atoms with van der Waals surface area (Å²) in [5.41, 5.74) is 9.07. The largest absolute Gasteiger partial charge is 0.397 e. The number of aryl methyl sites for hydroxylation is 1. The van der Waals surface area contributed by atoms with Gasteiger partial charge in [0.1, 0.15) is 0 Å². The van der Waals surface area contributed by atoms with Gasteiger partial charge in [-0.2, -0.15) is 0 Å². The normalized spacial score (nSPS) is 16.9. The van der Waals surface area contributed by atoms with Crippen molar-refractivity contribution < 1.29 is 9.59 Å². The van der Waals surface area contributed by atoms with Crippen molar-refractivity contribution in [3.8, 4) is 0 Å². The Morgan fingerprint density at radius 3 is 2.60 bits per heavy atom. The standard InChI is InChI=1S/C20H23N3O2/c1-2-5-14-8-10-16(11-9-14)23-13-15(12-19(23)24)20(25)22-18-7-4-3-6-17(18)21/h3-4,6-11,15H,2,5,12-13,21H2,1H3,(H,22,25). The van der Waals surface area contributed by atoms with Crippen molar-refractivity contribution in [2.75, 3.05) is 22.5 Å². The summed E-state index contributed by atoms with van der Waals surface area (Å²) in [5.74, 6) is -0.566. The van der Waals surface area contributed by atoms with Gasteiger partial charge in [0.2, 0.25) is 11.8 Å². The van der Waals surface area contributed by atoms with E-state index in [9.17, 15) is 9.59 Å². The number of hydrogen-bond donors (Lipinski definition) is 2. The molecule has 1 saturated heterocycles. The van der Waals surface area contributed by atoms with Gasteiger partial charge in [0, 0.05) is 18.7 Å². The van der Waals surface area contributed by atoms with E-state index < -0.39 is 0 Å². The first-order chi connectivity index (χ1) is 12.1. The third-order valence-electron chi connectivity index (χ3n) is 4.50. The first-order valence-electron chi connectivity index (χ1n) is 8.63. The van der Waals surface area contributed by atoms with Gasteiger partial charge in [0.15, 0.2) is 0 Å². The Kier molecular flexibility index (Phi) is 5.03. The minimum absolute atomic E-state index is 0.0237. The molecule has 3 N–H and O–H groups in total. The molecule has 1 unspecified atom stereocenters. The Balaban J connectivity index is 1.67. The molecule has 1 atom stereocenters. The monoisotopic (exact) mass is 337 g/mol. The summed E-state index contributed by atoms with van der Waals surface area (Å²) in [7, 11) is 0. The SMILES string of the molecule is CCCc1ccc(N2CC(C(=O)Nc3ccccc3N)CC2=O)cc1. The third kappa shape index (κ3) is 3.82. The Morgan fingerprint density at radius 2 is 1.92 bits per heavy atom. The van der Waals surface area contributed by atoms with Crippen molar-refractivity contribution in [3.63, 3.8) is 0 Å². The van der Waals surface area contributed by atoms with E-state index in [4.69, 9.17) is 5.73 Å². The number of nitrogens with two attached hydrogens (primary N) is 1. The van der Waals surface area contributed by atoms with Gasteiger partial charge in [-0.05, 0) is 36.2 Å². The lowest BCUT2D eigenvalue weighted by Gasteiger charge is -2.17. The topological polar surface area (TPSA) is 75.4 Å². The smallest absolute Gasteiger partial charge is 0.229 e. The molecule has 0 aliphatic carbocycles. The Hall–Kier alpha value is -2.82. The van der Waals surface area contributed by atoms with Crippen LogP contribution >= 0.6 is 0 Å². The lowest BCUT2D eigenvalue weighted by atomic mass is 10.1. The summed E-state index contributed by atoms with van der Waals surface area (Å²) in [5, 5.41) is 2.83. The summed E-state index contributed by atoms with van der Waals surface area (Å²) >= 11 is 0. The number of hydrogen-bond acceptors (Lipinski definition) is 3. The molecule has 2 aromatic carbocycles. The molecule has 2 aromatic rings. The summed E-state index contributed by atoms with van der Waals surface area (Å²) in [4.78, 5) is 26.5. The van der Waals surface area contributed by atoms with Crippen LogP contribution in [0.25, 0.3) is 0 Å². The molecule has 1 aliphatic heterocycles. The summed E-state index contributed by atoms with van der Waals surface area (Å²) in [6.45, 7) is 2.53. The molecular weight excluding hydrogens is 314 g/mol. The third-order valence-corrected chi connectivity index (χ3v) is 4.50. The lowest BCUT2D eigenvalue weighted by molar-refractivity contribution is -0.122. The fourth-order valence-electron chi connectivity index (χ4n) is 3.11. The zero-order valence-corrected chi connectivity index (χ0v) is 14.4. The number of para-hydroxylation sites is 2. The highest BCUT2D eigenvalue weighted by Gasteiger charge is 2.35. The van der Waals surface area contributed by atoms with Crippen molar-refractivity contribution in [2.24, 2.45) is 5.92 Å². The van der Waals surface area contributed by atoms with E-state index in [2.05, 4.69) is 12.2 Å². The van der Waals surface area contributed by atoms with Gasteiger partial charge in [-0.3, -0.25) is 9.59 Å². The molecular formula is C20H23N3O2. The maximum absolute atomic E-state index is 12.5. The van der Waals surface area contributed by atoms with Crippen LogP contribution in [-0.4, -0.2) is 18.4 Å². The number of nitrogen functional groups attached to an aromatic ring is 1. The van der Waals surface area contributed by atoms with Gasteiger partial charge in [-0.25, -0.2) is 0 Å². The second-order valence-corrected chi connectivity index (χ2v) is 6.40. The molecule has 0 bridgehead atoms. The highest BCUT2D eigenvalue weighted by atomic mass is 16.2. The lowest BCUT2D eigenvalue weighted by Crippen LogP contribution is -2.28. The van der Waals surface area contributed by atoms with Gasteiger partial charge in [-0.1, -0.05) is 37.6 Å². The van der Waals surface area contributed by atoms with Crippen LogP contribution in [0.1, 0.15) is 25.3 Å². The van der Waals surface area contributed by atoms with Crippen LogP contribution in [0.2, 0.25) is 0 Å². The summed E-state index contributed by atoms with van der Waals surface area (Å²) < 4.78 is 0. The highest BCUT2D eigenvalue weighted by Crippen LogP contribution is 2.27. The van der Waals surface area contributed by atoms with Crippen molar-refractivity contribution in [1.29, 1.82) is 0 Å². The number of rotatable bonds is 5. The predicted molar refractivity (Wildman–Crippen MR) is 100 cm³/mol. The molecule has 1 aliphatic rings. The molecule has 0 aromatic heterocycles. The minimum Gasteiger partial charge on any atom is -0.397 e. The quantitative estimate of drug-likeness (QED) is 0.823. The minimum atomic E-state index is -0.373. The summed E-state index contributed by atoms with van der Waals surface area (Å²) in [6.07, 6.45) is 2.33. The van der Waals surface area contributed by atoms with Gasteiger partial charge >= 0.3 is 0 Å². The van der Waals surface area contributed by atoms with Crippen LogP contribution in [0.4, 0.5) is 17.1 Å². The van der Waals surface area contributed by atoms with Gasteiger partial charge in [0.05, 0.1) is 17.3 Å². The maximum Gasteiger partial charge on any atom is 0.229 e. The predicted octanol–water partition coefficient (Wildman–Crippen LogP) is 3.21. The van der Waals surface area contributed by atoms with Crippen LogP contribution in [-0.2, 0) is 16.0 Å². The molecule has 0 saturated carbocycles. The zero-order chi connectivity index (χ0) is 17.8. The molecule has 0 spiro atoms. The molecule has 1 heterocycles. The van der Waals surface area contributed by atoms with Gasteiger partial charge in [0.25, 0.3) is 0 Å². The van der Waals surface area contributed by atoms with Crippen molar-refractivity contribution in [3.05, 3.63) is 54.1 Å². The van der Waals surface area contributed by atoms with Crippen LogP contribution < -0.4 is 16.0 Å². The second kappa shape index (κ2) is 7.38. The average molecular weight is 337 g/mol. The van der Waals surface area contributed by atoms with E-state index in [0.29, 0.717) is 17.9 Å². The van der Waals surface area contributed by atoms with E-state index in [1.165, 1.54) is 5.56 Å². The number of carbonyl (C=O) groups excluding carboxylic acids is 2. The summed E-state index contributed by atoms with van der Waals surface area (Å²) in [6, 6.07) is 15.1. The fraction of sp³-hybridized carbons (Fsp3) is 0.300. The maximum atomic E-state index is 12.5. The van der Waals surface area contributed by atoms with Crippen molar-refractivity contribution in [2.45, 2.75) is 26.2 Å². The highest BCUT2D eigenvalue weighted by molar-refractivity contribution is 6.04. The van der Waals surface area contributed by atoms with E-state index >= 15 is 0 Å². The first-order valence-corrected chi connectivity index (χ1v) is 8.63. The number of nitrogens with zero attached hydrogens (tertiary/aromatic N) is 1. The van der Waals surface area contributed by atoms with E-state index in [1.54, 1.807) is 17.0 Å². The number of nitrogens with one attached hydrogen (secondary N) is 1. The molecule has 5 heteroatoms. The molecule has 0 radical (unpaired) electrons. The number of anilines is 3. The number of carbonyl (C=O) groups is 2. The van der Waals surface area contributed by atoms with Crippen LogP contribution in [0.15, 0.2) is 48.5 Å². The molecule has 25 heavy (non-hydrogen) atoms. The second-order valence-electron chi connectivity index (χ2n) is 6.40. The molecule has 1 fully saturated rings. The van der Waals surface area contributed by atoms with Crippen molar-refractivity contribution >= 4 is 28.9 Å². The molecule has 2 amide bonds. The van der Waals surface area contributed by atoms with Gasteiger partial charge in [-0.15, -0.1) is 0 Å². The van der Waals surface area contributed by atoms with E-state index in [1.807, 2.05) is 36.4 Å². The number of benzene rings is 2. The Morgan fingerprint density at radius 1 is 1.20 bits per heavy atom. The van der Waals surface area contributed by atoms with Crippen LogP contribution in [0.5, 0.6) is 0 Å². The average Bonchev–Trinajstić information content (AvgIpc) is 3.00. The Labute approximate surface area is 147 Å². The van der Waals surface area contributed by atoms with Crippen LogP contribution in [0, 0.1) is 5.92 Å². The fourth-order valence-corrected chi connectivity index (χ4v) is 3.11. The first kappa shape index (κ1) is 17.0. The van der Waals surface area contributed by atoms with E-state index in [0.717, 1.165) is 18.5 Å². The van der Waals surface area contributed by atoms with Crippen molar-refractivity contribution in [1.82, 2.24) is 0 Å². The molecule has 5 nitrogen and oxygen atoms in total. The Bertz CT molecular complexity index is 771. The molecule has 3 rings (SSSR count). The zero-order valence-electron chi connectivity index (χ0n) is 14.4. The molecule has 130 valence electrons. The van der Waals surface area contributed by atoms with E-state index in [-0.39, 0.29) is 24.2 Å². The van der Waals surface area contributed by atoms with Crippen LogP contribution in [0.3, 0.4) is 0 Å². The van der Waals surface area contributed by atoms with Gasteiger partial charge < -0.3 is 16.0 Å².